The predicted molar refractivity (Wildman–Crippen MR) is 119 cm³/mol. The molecule has 2 aromatic carbocycles. The molecule has 0 bridgehead atoms. The van der Waals surface area contributed by atoms with Crippen LogP contribution in [0.25, 0.3) is 22.3 Å². The lowest BCUT2D eigenvalue weighted by Crippen LogP contribution is -2.55. The van der Waals surface area contributed by atoms with Crippen LogP contribution in [-0.2, 0) is 4.74 Å². The van der Waals surface area contributed by atoms with E-state index in [1.165, 1.54) is 20.3 Å². The summed E-state index contributed by atoms with van der Waals surface area (Å²) in [6, 6.07) is 4.48. The van der Waals surface area contributed by atoms with Gasteiger partial charge in [0.25, 0.3) is 0 Å². The zero-order valence-corrected chi connectivity index (χ0v) is 18.6. The van der Waals surface area contributed by atoms with Crippen molar-refractivity contribution in [3.8, 4) is 40.1 Å². The van der Waals surface area contributed by atoms with Crippen molar-refractivity contribution in [2.75, 3.05) is 20.8 Å². The highest BCUT2D eigenvalue weighted by Gasteiger charge is 2.46. The first-order valence-corrected chi connectivity index (χ1v) is 10.4. The molecule has 0 spiro atoms. The van der Waals surface area contributed by atoms with Gasteiger partial charge in [0.2, 0.25) is 0 Å². The highest BCUT2D eigenvalue weighted by atomic mass is 16.5. The van der Waals surface area contributed by atoms with Gasteiger partial charge >= 0.3 is 0 Å². The van der Waals surface area contributed by atoms with E-state index in [0.717, 1.165) is 18.2 Å². The van der Waals surface area contributed by atoms with Crippen LogP contribution < -0.4 is 14.9 Å². The molecule has 5 atom stereocenters. The van der Waals surface area contributed by atoms with Crippen molar-refractivity contribution in [1.29, 1.82) is 0 Å². The van der Waals surface area contributed by atoms with E-state index < -0.39 is 48.3 Å². The zero-order chi connectivity index (χ0) is 25.6. The standard InChI is InChI=1S/C23H24O12/c1-32-13-4-9(25)8(3-10(13)26)12-5-11(27)17-15(34-12)6-14(33-2)18(20(17)29)23-22(31)21(30)19(28)16(7-24)35-23/h3-6,16,19,21-26,28-31H,7H2,1-2H3. The Labute approximate surface area is 197 Å². The summed E-state index contributed by atoms with van der Waals surface area (Å²) in [6.45, 7) is -0.693. The minimum atomic E-state index is -1.74. The van der Waals surface area contributed by atoms with Crippen LogP contribution in [0.3, 0.4) is 0 Å². The molecule has 35 heavy (non-hydrogen) atoms. The van der Waals surface area contributed by atoms with Crippen LogP contribution >= 0.6 is 0 Å². The maximum atomic E-state index is 13.0. The van der Waals surface area contributed by atoms with E-state index in [2.05, 4.69) is 0 Å². The molecule has 1 aliphatic rings. The summed E-state index contributed by atoms with van der Waals surface area (Å²) in [5, 5.41) is 71.3. The molecule has 3 aromatic rings. The Morgan fingerprint density at radius 1 is 0.886 bits per heavy atom. The summed E-state index contributed by atoms with van der Waals surface area (Å²) in [5.41, 5.74) is -1.15. The van der Waals surface area contributed by atoms with Crippen LogP contribution in [0.5, 0.6) is 28.7 Å². The van der Waals surface area contributed by atoms with Crippen molar-refractivity contribution in [1.82, 2.24) is 0 Å². The third-order valence-electron chi connectivity index (χ3n) is 5.95. The van der Waals surface area contributed by atoms with Crippen molar-refractivity contribution in [2.24, 2.45) is 0 Å². The normalized spacial score (nSPS) is 24.5. The van der Waals surface area contributed by atoms with Gasteiger partial charge in [-0.2, -0.15) is 0 Å². The van der Waals surface area contributed by atoms with Gasteiger partial charge in [-0.3, -0.25) is 4.79 Å². The Bertz CT molecular complexity index is 1310. The fourth-order valence-electron chi connectivity index (χ4n) is 4.13. The van der Waals surface area contributed by atoms with Crippen molar-refractivity contribution in [2.45, 2.75) is 30.5 Å². The fourth-order valence-corrected chi connectivity index (χ4v) is 4.13. The third-order valence-corrected chi connectivity index (χ3v) is 5.95. The summed E-state index contributed by atoms with van der Waals surface area (Å²) in [6.07, 6.45) is -7.83. The molecule has 0 aliphatic carbocycles. The number of phenolic OH excluding ortho intramolecular Hbond substituents is 3. The van der Waals surface area contributed by atoms with Crippen LogP contribution in [0.2, 0.25) is 0 Å². The molecule has 12 heteroatoms. The number of ether oxygens (including phenoxy) is 3. The van der Waals surface area contributed by atoms with Crippen LogP contribution in [0, 0.1) is 0 Å². The average Bonchev–Trinajstić information content (AvgIpc) is 2.83. The zero-order valence-electron chi connectivity index (χ0n) is 18.6. The van der Waals surface area contributed by atoms with Crippen molar-refractivity contribution in [3.63, 3.8) is 0 Å². The second-order valence-electron chi connectivity index (χ2n) is 7.98. The topological polar surface area (TPSA) is 200 Å². The second kappa shape index (κ2) is 9.24. The Morgan fingerprint density at radius 2 is 1.57 bits per heavy atom. The average molecular weight is 492 g/mol. The first-order valence-electron chi connectivity index (χ1n) is 10.4. The number of aliphatic hydroxyl groups excluding tert-OH is 4. The number of aliphatic hydroxyl groups is 4. The van der Waals surface area contributed by atoms with Crippen LogP contribution in [0.15, 0.2) is 33.5 Å². The van der Waals surface area contributed by atoms with Gasteiger partial charge in [0, 0.05) is 18.2 Å². The number of benzene rings is 2. The summed E-state index contributed by atoms with van der Waals surface area (Å²) in [7, 11) is 2.54. The molecule has 0 amide bonds. The molecule has 2 heterocycles. The number of hydrogen-bond donors (Lipinski definition) is 7. The lowest BCUT2D eigenvalue weighted by molar-refractivity contribution is -0.232. The molecule has 0 saturated carbocycles. The Morgan fingerprint density at radius 3 is 2.20 bits per heavy atom. The van der Waals surface area contributed by atoms with Gasteiger partial charge in [-0.15, -0.1) is 0 Å². The largest absolute Gasteiger partial charge is 0.507 e. The molecule has 1 fully saturated rings. The first kappa shape index (κ1) is 24.6. The Kier molecular flexibility index (Phi) is 6.49. The van der Waals surface area contributed by atoms with E-state index in [9.17, 15) is 40.5 Å². The van der Waals surface area contributed by atoms with Gasteiger partial charge in [-0.05, 0) is 6.07 Å². The summed E-state index contributed by atoms with van der Waals surface area (Å²) >= 11 is 0. The lowest BCUT2D eigenvalue weighted by atomic mass is 9.89. The molecular formula is C23H24O12. The number of phenols is 3. The van der Waals surface area contributed by atoms with Gasteiger partial charge in [0.1, 0.15) is 64.5 Å². The van der Waals surface area contributed by atoms with Crippen LogP contribution in [0.1, 0.15) is 11.7 Å². The minimum absolute atomic E-state index is 0.00197. The van der Waals surface area contributed by atoms with Gasteiger partial charge in [0.05, 0.1) is 32.0 Å². The molecule has 5 unspecified atom stereocenters. The molecule has 1 aliphatic heterocycles. The van der Waals surface area contributed by atoms with Crippen molar-refractivity contribution in [3.05, 3.63) is 40.1 Å². The monoisotopic (exact) mass is 492 g/mol. The van der Waals surface area contributed by atoms with Gasteiger partial charge < -0.3 is 54.4 Å². The number of aromatic hydroxyl groups is 3. The minimum Gasteiger partial charge on any atom is -0.507 e. The second-order valence-corrected chi connectivity index (χ2v) is 7.98. The van der Waals surface area contributed by atoms with Gasteiger partial charge in [-0.25, -0.2) is 0 Å². The predicted octanol–water partition coefficient (Wildman–Crippen LogP) is 0.109. The first-order chi connectivity index (χ1) is 16.6. The highest BCUT2D eigenvalue weighted by molar-refractivity contribution is 5.88. The third kappa shape index (κ3) is 4.00. The fraction of sp³-hybridized carbons (Fsp3) is 0.348. The van der Waals surface area contributed by atoms with Crippen LogP contribution in [0.4, 0.5) is 0 Å². The summed E-state index contributed by atoms with van der Waals surface area (Å²) < 4.78 is 21.5. The van der Waals surface area contributed by atoms with E-state index in [1.54, 1.807) is 0 Å². The quantitative estimate of drug-likeness (QED) is 0.238. The lowest BCUT2D eigenvalue weighted by Gasteiger charge is -2.40. The number of methoxy groups -OCH3 is 2. The van der Waals surface area contributed by atoms with Gasteiger partial charge in [0.15, 0.2) is 16.9 Å². The number of rotatable bonds is 5. The Balaban J connectivity index is 1.90. The maximum Gasteiger partial charge on any atom is 0.197 e. The maximum absolute atomic E-state index is 13.0. The number of hydrogen-bond acceptors (Lipinski definition) is 12. The SMILES string of the molecule is COc1cc(O)c(-c2cc(=O)c3c(O)c(C4OC(CO)C(O)C(O)C4O)c(OC)cc3o2)cc1O. The summed E-state index contributed by atoms with van der Waals surface area (Å²) in [5.74, 6) is -1.58. The molecule has 1 aromatic heterocycles. The van der Waals surface area contributed by atoms with Crippen molar-refractivity contribution >= 4 is 11.0 Å². The molecule has 1 saturated heterocycles. The summed E-state index contributed by atoms with van der Waals surface area (Å²) in [4.78, 5) is 13.0. The Hall–Kier alpha value is -3.55. The molecular weight excluding hydrogens is 468 g/mol. The molecule has 4 rings (SSSR count). The number of fused-ring (bicyclic) bond motifs is 1. The molecule has 188 valence electrons. The van der Waals surface area contributed by atoms with Crippen LogP contribution in [-0.4, -0.2) is 81.0 Å². The molecule has 7 N–H and O–H groups in total. The van der Waals surface area contributed by atoms with E-state index in [-0.39, 0.29) is 50.9 Å². The van der Waals surface area contributed by atoms with E-state index in [4.69, 9.17) is 18.6 Å². The van der Waals surface area contributed by atoms with E-state index in [0.29, 0.717) is 0 Å². The van der Waals surface area contributed by atoms with Crippen molar-refractivity contribution < 1.29 is 54.4 Å². The van der Waals surface area contributed by atoms with E-state index in [1.807, 2.05) is 0 Å². The highest BCUT2D eigenvalue weighted by Crippen LogP contribution is 2.46. The molecule has 0 radical (unpaired) electrons. The van der Waals surface area contributed by atoms with E-state index >= 15 is 0 Å². The smallest absolute Gasteiger partial charge is 0.197 e. The van der Waals surface area contributed by atoms with Gasteiger partial charge in [-0.1, -0.05) is 0 Å². The molecule has 12 nitrogen and oxygen atoms in total.